The first-order valence-corrected chi connectivity index (χ1v) is 6.26. The molecule has 1 fully saturated rings. The molecule has 0 saturated carbocycles. The van der Waals surface area contributed by atoms with Crippen molar-refractivity contribution in [3.8, 4) is 0 Å². The van der Waals surface area contributed by atoms with Crippen LogP contribution in [-0.4, -0.2) is 32.9 Å². The van der Waals surface area contributed by atoms with Gasteiger partial charge in [0.25, 0.3) is 5.06 Å². The normalized spacial score (nSPS) is 25.5. The van der Waals surface area contributed by atoms with E-state index < -0.39 is 14.9 Å². The van der Waals surface area contributed by atoms with E-state index in [1.807, 2.05) is 0 Å². The molecule has 1 aromatic carbocycles. The second kappa shape index (κ2) is 3.97. The van der Waals surface area contributed by atoms with Gasteiger partial charge in [-0.1, -0.05) is 18.2 Å². The van der Waals surface area contributed by atoms with Crippen molar-refractivity contribution in [2.24, 2.45) is 0 Å². The Hall–Kier alpha value is -1.24. The van der Waals surface area contributed by atoms with Crippen molar-refractivity contribution in [3.05, 3.63) is 30.3 Å². The van der Waals surface area contributed by atoms with Gasteiger partial charge in [-0.05, 0) is 12.1 Å². The number of carbonyl (C=O) groups excluding carboxylic acids is 1. The lowest BCUT2D eigenvalue weighted by Crippen LogP contribution is -2.50. The minimum Gasteiger partial charge on any atom is -0.340 e. The SMILES string of the molecule is O=CC1(S(=O)(=O)c2ccccc2)NCCO1. The molecule has 1 saturated heterocycles. The fourth-order valence-corrected chi connectivity index (χ4v) is 3.09. The van der Waals surface area contributed by atoms with E-state index in [2.05, 4.69) is 5.32 Å². The number of hydrogen-bond acceptors (Lipinski definition) is 5. The standard InChI is InChI=1S/C10H11NO4S/c12-8-10(11-6-7-15-10)16(13,14)9-4-2-1-3-5-9/h1-5,8,11H,6-7H2. The number of carbonyl (C=O) groups is 1. The Morgan fingerprint density at radius 3 is 2.50 bits per heavy atom. The molecule has 0 radical (unpaired) electrons. The molecule has 1 aliphatic heterocycles. The van der Waals surface area contributed by atoms with Crippen molar-refractivity contribution in [3.63, 3.8) is 0 Å². The molecular weight excluding hydrogens is 230 g/mol. The summed E-state index contributed by atoms with van der Waals surface area (Å²) >= 11 is 0. The molecule has 1 aliphatic rings. The molecule has 1 atom stereocenters. The van der Waals surface area contributed by atoms with Gasteiger partial charge in [0, 0.05) is 6.54 Å². The van der Waals surface area contributed by atoms with Crippen LogP contribution in [0.2, 0.25) is 0 Å². The minimum absolute atomic E-state index is 0.0662. The summed E-state index contributed by atoms with van der Waals surface area (Å²) in [5.41, 5.74) is 0. The number of nitrogens with one attached hydrogen (secondary N) is 1. The number of hydrogen-bond donors (Lipinski definition) is 1. The second-order valence-corrected chi connectivity index (χ2v) is 5.46. The average molecular weight is 241 g/mol. The third-order valence-corrected chi connectivity index (χ3v) is 4.45. The van der Waals surface area contributed by atoms with Crippen LogP contribution in [0.5, 0.6) is 0 Å². The Bertz CT molecular complexity index is 477. The van der Waals surface area contributed by atoms with E-state index in [9.17, 15) is 13.2 Å². The maximum atomic E-state index is 12.2. The monoisotopic (exact) mass is 241 g/mol. The highest BCUT2D eigenvalue weighted by molar-refractivity contribution is 7.93. The van der Waals surface area contributed by atoms with Crippen molar-refractivity contribution < 1.29 is 17.9 Å². The maximum Gasteiger partial charge on any atom is 0.284 e. The average Bonchev–Trinajstić information content (AvgIpc) is 2.80. The molecule has 0 aromatic heterocycles. The molecule has 0 bridgehead atoms. The lowest BCUT2D eigenvalue weighted by Gasteiger charge is -2.21. The van der Waals surface area contributed by atoms with Gasteiger partial charge < -0.3 is 4.74 Å². The molecule has 2 rings (SSSR count). The lowest BCUT2D eigenvalue weighted by atomic mass is 10.4. The van der Waals surface area contributed by atoms with E-state index in [4.69, 9.17) is 4.74 Å². The van der Waals surface area contributed by atoms with Crippen molar-refractivity contribution in [2.45, 2.75) is 9.95 Å². The van der Waals surface area contributed by atoms with Crippen LogP contribution in [-0.2, 0) is 19.4 Å². The van der Waals surface area contributed by atoms with E-state index in [1.54, 1.807) is 18.2 Å². The quantitative estimate of drug-likeness (QED) is 0.750. The van der Waals surface area contributed by atoms with E-state index in [-0.39, 0.29) is 11.5 Å². The molecule has 6 heteroatoms. The van der Waals surface area contributed by atoms with Gasteiger partial charge >= 0.3 is 0 Å². The molecule has 0 amide bonds. The van der Waals surface area contributed by atoms with Crippen LogP contribution in [0.4, 0.5) is 0 Å². The molecule has 86 valence electrons. The summed E-state index contributed by atoms with van der Waals surface area (Å²) in [6.07, 6.45) is 0.294. The fraction of sp³-hybridized carbons (Fsp3) is 0.300. The Balaban J connectivity index is 2.50. The van der Waals surface area contributed by atoms with Gasteiger partial charge in [-0.3, -0.25) is 10.1 Å². The maximum absolute atomic E-state index is 12.2. The fourth-order valence-electron chi connectivity index (χ4n) is 1.57. The zero-order valence-corrected chi connectivity index (χ0v) is 9.24. The Morgan fingerprint density at radius 2 is 2.00 bits per heavy atom. The van der Waals surface area contributed by atoms with Crippen molar-refractivity contribution in [1.29, 1.82) is 0 Å². The summed E-state index contributed by atoms with van der Waals surface area (Å²) < 4.78 is 29.4. The van der Waals surface area contributed by atoms with Crippen LogP contribution in [0.1, 0.15) is 0 Å². The first kappa shape index (κ1) is 11.3. The Labute approximate surface area is 93.3 Å². The van der Waals surface area contributed by atoms with Gasteiger partial charge in [-0.25, -0.2) is 8.42 Å². The lowest BCUT2D eigenvalue weighted by molar-refractivity contribution is -0.119. The Kier molecular flexibility index (Phi) is 2.79. The summed E-state index contributed by atoms with van der Waals surface area (Å²) in [5, 5.41) is 0.658. The van der Waals surface area contributed by atoms with Crippen LogP contribution in [0, 0.1) is 0 Å². The first-order chi connectivity index (χ1) is 7.62. The van der Waals surface area contributed by atoms with Crippen LogP contribution in [0.3, 0.4) is 0 Å². The van der Waals surface area contributed by atoms with Gasteiger partial charge in [0.1, 0.15) is 0 Å². The van der Waals surface area contributed by atoms with Crippen molar-refractivity contribution >= 4 is 16.1 Å². The van der Waals surface area contributed by atoms with Crippen LogP contribution < -0.4 is 5.32 Å². The Morgan fingerprint density at radius 1 is 1.31 bits per heavy atom. The summed E-state index contributed by atoms with van der Waals surface area (Å²) in [7, 11) is -3.85. The molecule has 1 N–H and O–H groups in total. The number of ether oxygens (including phenoxy) is 1. The predicted octanol–water partition coefficient (Wildman–Crippen LogP) is -0.0672. The predicted molar refractivity (Wildman–Crippen MR) is 56.4 cm³/mol. The topological polar surface area (TPSA) is 72.5 Å². The van der Waals surface area contributed by atoms with E-state index in [0.717, 1.165) is 0 Å². The minimum atomic E-state index is -3.85. The highest BCUT2D eigenvalue weighted by atomic mass is 32.2. The first-order valence-electron chi connectivity index (χ1n) is 4.77. The largest absolute Gasteiger partial charge is 0.340 e. The summed E-state index contributed by atoms with van der Waals surface area (Å²) in [4.78, 5) is 11.0. The number of aldehydes is 1. The van der Waals surface area contributed by atoms with E-state index in [0.29, 0.717) is 12.8 Å². The molecule has 0 spiro atoms. The molecule has 5 nitrogen and oxygen atoms in total. The highest BCUT2D eigenvalue weighted by Crippen LogP contribution is 2.25. The zero-order chi connectivity index (χ0) is 11.6. The third-order valence-electron chi connectivity index (χ3n) is 2.40. The van der Waals surface area contributed by atoms with Crippen molar-refractivity contribution in [1.82, 2.24) is 5.32 Å². The third kappa shape index (κ3) is 1.55. The molecular formula is C10H11NO4S. The summed E-state index contributed by atoms with van der Waals surface area (Å²) in [6.45, 7) is 0.537. The molecule has 16 heavy (non-hydrogen) atoms. The molecule has 0 aliphatic carbocycles. The molecule has 1 heterocycles. The summed E-state index contributed by atoms with van der Waals surface area (Å²) in [6, 6.07) is 7.77. The van der Waals surface area contributed by atoms with Gasteiger partial charge in [-0.2, -0.15) is 0 Å². The van der Waals surface area contributed by atoms with Crippen molar-refractivity contribution in [2.75, 3.05) is 13.2 Å². The molecule has 1 unspecified atom stereocenters. The zero-order valence-electron chi connectivity index (χ0n) is 8.42. The smallest absolute Gasteiger partial charge is 0.284 e. The van der Waals surface area contributed by atoms with Gasteiger partial charge in [0.2, 0.25) is 9.84 Å². The number of rotatable bonds is 3. The van der Waals surface area contributed by atoms with Gasteiger partial charge in [0.15, 0.2) is 6.29 Å². The van der Waals surface area contributed by atoms with Gasteiger partial charge in [0.05, 0.1) is 11.5 Å². The van der Waals surface area contributed by atoms with Gasteiger partial charge in [-0.15, -0.1) is 0 Å². The van der Waals surface area contributed by atoms with Crippen LogP contribution in [0.15, 0.2) is 35.2 Å². The van der Waals surface area contributed by atoms with E-state index in [1.165, 1.54) is 12.1 Å². The van der Waals surface area contributed by atoms with E-state index >= 15 is 0 Å². The number of benzene rings is 1. The molecule has 1 aromatic rings. The number of sulfone groups is 1. The van der Waals surface area contributed by atoms with Crippen LogP contribution in [0.25, 0.3) is 0 Å². The second-order valence-electron chi connectivity index (χ2n) is 3.38. The highest BCUT2D eigenvalue weighted by Gasteiger charge is 2.48. The van der Waals surface area contributed by atoms with Crippen LogP contribution >= 0.6 is 0 Å². The summed E-state index contributed by atoms with van der Waals surface area (Å²) in [5.74, 6) is 0.